The molecule has 2 aromatic rings. The topological polar surface area (TPSA) is 57.4 Å². The van der Waals surface area contributed by atoms with Crippen LogP contribution in [-0.4, -0.2) is 19.2 Å². The van der Waals surface area contributed by atoms with E-state index < -0.39 is 0 Å². The van der Waals surface area contributed by atoms with Crippen LogP contribution in [0.1, 0.15) is 18.5 Å². The number of pyridine rings is 1. The molecule has 0 radical (unpaired) electrons. The summed E-state index contributed by atoms with van der Waals surface area (Å²) in [6, 6.07) is 5.89. The molecule has 2 N–H and O–H groups in total. The van der Waals surface area contributed by atoms with Crippen LogP contribution in [0.25, 0.3) is 10.8 Å². The number of hydrogen-bond acceptors (Lipinski definition) is 4. The van der Waals surface area contributed by atoms with Gasteiger partial charge in [-0.3, -0.25) is 4.98 Å². The van der Waals surface area contributed by atoms with Crippen molar-refractivity contribution < 1.29 is 9.47 Å². The SMILES string of the molecule is COc1cc2ccnc(C3(N)CC3)c2cc1OC. The zero-order valence-corrected chi connectivity index (χ0v) is 10.6. The normalized spacial score (nSPS) is 16.6. The molecule has 1 saturated carbocycles. The van der Waals surface area contributed by atoms with Gasteiger partial charge in [-0.25, -0.2) is 0 Å². The molecule has 0 spiro atoms. The van der Waals surface area contributed by atoms with E-state index in [4.69, 9.17) is 15.2 Å². The van der Waals surface area contributed by atoms with Gasteiger partial charge in [0.15, 0.2) is 11.5 Å². The van der Waals surface area contributed by atoms with Gasteiger partial charge in [-0.2, -0.15) is 0 Å². The predicted octanol–water partition coefficient (Wildman–Crippen LogP) is 2.20. The molecule has 1 aromatic heterocycles. The van der Waals surface area contributed by atoms with Crippen LogP contribution in [0.15, 0.2) is 24.4 Å². The number of hydrogen-bond donors (Lipinski definition) is 1. The van der Waals surface area contributed by atoms with E-state index in [0.29, 0.717) is 5.75 Å². The highest BCUT2D eigenvalue weighted by atomic mass is 16.5. The molecular formula is C14H16N2O2. The Morgan fingerprint density at radius 3 is 2.44 bits per heavy atom. The second-order valence-corrected chi connectivity index (χ2v) is 4.74. The number of ether oxygens (including phenoxy) is 2. The first-order valence-electron chi connectivity index (χ1n) is 5.98. The third-order valence-corrected chi connectivity index (χ3v) is 3.53. The number of fused-ring (bicyclic) bond motifs is 1. The summed E-state index contributed by atoms with van der Waals surface area (Å²) < 4.78 is 10.6. The lowest BCUT2D eigenvalue weighted by Crippen LogP contribution is -2.20. The lowest BCUT2D eigenvalue weighted by atomic mass is 10.0. The molecule has 0 saturated heterocycles. The highest BCUT2D eigenvalue weighted by Crippen LogP contribution is 2.45. The second kappa shape index (κ2) is 3.85. The minimum Gasteiger partial charge on any atom is -0.493 e. The Balaban J connectivity index is 2.27. The number of aromatic nitrogens is 1. The van der Waals surface area contributed by atoms with Crippen molar-refractivity contribution in [3.05, 3.63) is 30.1 Å². The summed E-state index contributed by atoms with van der Waals surface area (Å²) in [6.45, 7) is 0. The van der Waals surface area contributed by atoms with Crippen molar-refractivity contribution in [3.63, 3.8) is 0 Å². The zero-order chi connectivity index (χ0) is 12.8. The monoisotopic (exact) mass is 244 g/mol. The predicted molar refractivity (Wildman–Crippen MR) is 69.9 cm³/mol. The summed E-state index contributed by atoms with van der Waals surface area (Å²) in [4.78, 5) is 4.45. The maximum Gasteiger partial charge on any atom is 0.161 e. The molecule has 0 amide bonds. The second-order valence-electron chi connectivity index (χ2n) is 4.74. The summed E-state index contributed by atoms with van der Waals surface area (Å²) in [5, 5.41) is 2.13. The van der Waals surface area contributed by atoms with Crippen molar-refractivity contribution in [1.82, 2.24) is 4.98 Å². The average Bonchev–Trinajstić information content (AvgIpc) is 3.15. The van der Waals surface area contributed by atoms with E-state index in [9.17, 15) is 0 Å². The summed E-state index contributed by atoms with van der Waals surface area (Å²) >= 11 is 0. The molecular weight excluding hydrogens is 228 g/mol. The highest BCUT2D eigenvalue weighted by Gasteiger charge is 2.42. The summed E-state index contributed by atoms with van der Waals surface area (Å²) in [6.07, 6.45) is 3.79. The molecule has 0 aliphatic heterocycles. The molecule has 1 aliphatic carbocycles. The number of nitrogens with two attached hydrogens (primary N) is 1. The summed E-state index contributed by atoms with van der Waals surface area (Å²) in [5.41, 5.74) is 6.97. The maximum absolute atomic E-state index is 6.26. The first-order chi connectivity index (χ1) is 8.68. The first kappa shape index (κ1) is 11.3. The number of nitrogens with zero attached hydrogens (tertiary/aromatic N) is 1. The van der Waals surface area contributed by atoms with Gasteiger partial charge in [0.05, 0.1) is 25.5 Å². The Labute approximate surface area is 106 Å². The largest absolute Gasteiger partial charge is 0.493 e. The van der Waals surface area contributed by atoms with E-state index in [-0.39, 0.29) is 5.54 Å². The van der Waals surface area contributed by atoms with Gasteiger partial charge in [0.25, 0.3) is 0 Å². The van der Waals surface area contributed by atoms with Crippen LogP contribution in [0.3, 0.4) is 0 Å². The lowest BCUT2D eigenvalue weighted by molar-refractivity contribution is 0.356. The van der Waals surface area contributed by atoms with Gasteiger partial charge in [0, 0.05) is 11.6 Å². The van der Waals surface area contributed by atoms with Crippen molar-refractivity contribution in [2.24, 2.45) is 5.73 Å². The zero-order valence-electron chi connectivity index (χ0n) is 10.6. The number of rotatable bonds is 3. The van der Waals surface area contributed by atoms with Crippen molar-refractivity contribution in [2.45, 2.75) is 18.4 Å². The van der Waals surface area contributed by atoms with Crippen LogP contribution in [-0.2, 0) is 5.54 Å². The summed E-state index contributed by atoms with van der Waals surface area (Å²) in [5.74, 6) is 1.44. The van der Waals surface area contributed by atoms with E-state index in [1.165, 1.54) is 0 Å². The van der Waals surface area contributed by atoms with Gasteiger partial charge < -0.3 is 15.2 Å². The molecule has 3 rings (SSSR count). The van der Waals surface area contributed by atoms with Gasteiger partial charge in [0.1, 0.15) is 0 Å². The molecule has 94 valence electrons. The Bertz CT molecular complexity index is 606. The van der Waals surface area contributed by atoms with Gasteiger partial charge >= 0.3 is 0 Å². The van der Waals surface area contributed by atoms with E-state index in [2.05, 4.69) is 4.98 Å². The maximum atomic E-state index is 6.26. The van der Waals surface area contributed by atoms with Crippen molar-refractivity contribution in [2.75, 3.05) is 14.2 Å². The fraction of sp³-hybridized carbons (Fsp3) is 0.357. The third-order valence-electron chi connectivity index (χ3n) is 3.53. The van der Waals surface area contributed by atoms with Crippen molar-refractivity contribution in [1.29, 1.82) is 0 Å². The third kappa shape index (κ3) is 1.61. The standard InChI is InChI=1S/C14H16N2O2/c1-17-11-7-9-3-6-16-13(14(15)4-5-14)10(9)8-12(11)18-2/h3,6-8H,4-5,15H2,1-2H3. The number of benzene rings is 1. The molecule has 0 atom stereocenters. The molecule has 1 aliphatic rings. The van der Waals surface area contributed by atoms with Gasteiger partial charge in [-0.05, 0) is 36.4 Å². The first-order valence-corrected chi connectivity index (χ1v) is 5.98. The van der Waals surface area contributed by atoms with Crippen LogP contribution < -0.4 is 15.2 Å². The minimum atomic E-state index is -0.251. The lowest BCUT2D eigenvalue weighted by Gasteiger charge is -2.14. The minimum absolute atomic E-state index is 0.251. The van der Waals surface area contributed by atoms with Crippen LogP contribution in [0.5, 0.6) is 11.5 Å². The Morgan fingerprint density at radius 2 is 1.83 bits per heavy atom. The molecule has 1 heterocycles. The van der Waals surface area contributed by atoms with Gasteiger partial charge in [0.2, 0.25) is 0 Å². The van der Waals surface area contributed by atoms with E-state index in [0.717, 1.165) is 35.1 Å². The van der Waals surface area contributed by atoms with E-state index >= 15 is 0 Å². The molecule has 0 bridgehead atoms. The fourth-order valence-electron chi connectivity index (χ4n) is 2.27. The Kier molecular flexibility index (Phi) is 2.41. The van der Waals surface area contributed by atoms with Crippen LogP contribution in [0.4, 0.5) is 0 Å². The van der Waals surface area contributed by atoms with Crippen molar-refractivity contribution >= 4 is 10.8 Å². The Hall–Kier alpha value is -1.81. The highest BCUT2D eigenvalue weighted by molar-refractivity contribution is 5.88. The quantitative estimate of drug-likeness (QED) is 0.899. The molecule has 1 fully saturated rings. The molecule has 18 heavy (non-hydrogen) atoms. The van der Waals surface area contributed by atoms with Crippen molar-refractivity contribution in [3.8, 4) is 11.5 Å². The number of methoxy groups -OCH3 is 2. The van der Waals surface area contributed by atoms with Crippen LogP contribution >= 0.6 is 0 Å². The molecule has 4 heteroatoms. The fourth-order valence-corrected chi connectivity index (χ4v) is 2.27. The van der Waals surface area contributed by atoms with E-state index in [1.54, 1.807) is 20.4 Å². The molecule has 1 aromatic carbocycles. The smallest absolute Gasteiger partial charge is 0.161 e. The average molecular weight is 244 g/mol. The molecule has 4 nitrogen and oxygen atoms in total. The van der Waals surface area contributed by atoms with E-state index in [1.807, 2.05) is 18.2 Å². The van der Waals surface area contributed by atoms with Crippen LogP contribution in [0, 0.1) is 0 Å². The summed E-state index contributed by atoms with van der Waals surface area (Å²) in [7, 11) is 3.27. The molecule has 0 unspecified atom stereocenters. The van der Waals surface area contributed by atoms with Gasteiger partial charge in [-0.1, -0.05) is 0 Å². The Morgan fingerprint density at radius 1 is 1.17 bits per heavy atom. The van der Waals surface area contributed by atoms with Gasteiger partial charge in [-0.15, -0.1) is 0 Å². The van der Waals surface area contributed by atoms with Crippen LogP contribution in [0.2, 0.25) is 0 Å².